The van der Waals surface area contributed by atoms with E-state index in [0.717, 1.165) is 24.3 Å². The second-order valence-electron chi connectivity index (χ2n) is 6.84. The molecule has 0 atom stereocenters. The highest BCUT2D eigenvalue weighted by Crippen LogP contribution is 2.32. The second-order valence-corrected chi connectivity index (χ2v) is 8.76. The van der Waals surface area contributed by atoms with Crippen molar-refractivity contribution < 1.29 is 27.7 Å². The summed E-state index contributed by atoms with van der Waals surface area (Å²) < 4.78 is 32.0. The van der Waals surface area contributed by atoms with E-state index in [4.69, 9.17) is 10.5 Å². The minimum absolute atomic E-state index is 0. The van der Waals surface area contributed by atoms with Crippen molar-refractivity contribution in [2.75, 3.05) is 24.3 Å². The first-order chi connectivity index (χ1) is 16.2. The maximum atomic E-state index is 13.4. The number of amides is 2. The van der Waals surface area contributed by atoms with Gasteiger partial charge in [0, 0.05) is 12.1 Å². The average Bonchev–Trinajstić information content (AvgIpc) is 2.84. The number of nitrogens with one attached hydrogen (secondary N) is 2. The SMILES string of the molecule is COc1ccccc1NC(=O)c1c(NC(=O)CN)cccc1S(=O)(=O)c1ccc([N+](=O)[O-])cc1.Cl. The fraction of sp³-hybridized carbons (Fsp3) is 0.0909. The molecule has 0 radical (unpaired) electrons. The third-order valence-electron chi connectivity index (χ3n) is 4.72. The molecule has 0 unspecified atom stereocenters. The second kappa shape index (κ2) is 11.4. The lowest BCUT2D eigenvalue weighted by atomic mass is 10.1. The van der Waals surface area contributed by atoms with Crippen molar-refractivity contribution >= 4 is 51.1 Å². The minimum Gasteiger partial charge on any atom is -0.495 e. The van der Waals surface area contributed by atoms with Crippen LogP contribution in [0.3, 0.4) is 0 Å². The molecule has 0 aliphatic carbocycles. The Hall–Kier alpha value is -4.00. The summed E-state index contributed by atoms with van der Waals surface area (Å²) in [4.78, 5) is 34.8. The molecule has 13 heteroatoms. The summed E-state index contributed by atoms with van der Waals surface area (Å²) in [5.74, 6) is -1.15. The third-order valence-corrected chi connectivity index (χ3v) is 6.53. The number of nitro benzene ring substituents is 1. The number of sulfone groups is 1. The van der Waals surface area contributed by atoms with E-state index in [-0.39, 0.29) is 39.9 Å². The van der Waals surface area contributed by atoms with Gasteiger partial charge in [0.05, 0.1) is 45.3 Å². The van der Waals surface area contributed by atoms with Crippen LogP contribution in [0.2, 0.25) is 0 Å². The van der Waals surface area contributed by atoms with Crippen LogP contribution in [-0.4, -0.2) is 38.8 Å². The molecule has 2 amide bonds. The number of non-ortho nitro benzene ring substituents is 1. The number of anilines is 2. The van der Waals surface area contributed by atoms with Gasteiger partial charge in [-0.05, 0) is 36.4 Å². The van der Waals surface area contributed by atoms with Crippen LogP contribution >= 0.6 is 12.4 Å². The van der Waals surface area contributed by atoms with Gasteiger partial charge in [0.25, 0.3) is 11.6 Å². The summed E-state index contributed by atoms with van der Waals surface area (Å²) >= 11 is 0. The maximum Gasteiger partial charge on any atom is 0.269 e. The number of nitrogens with zero attached hydrogens (tertiary/aromatic N) is 1. The molecular formula is C22H21ClN4O7S. The summed E-state index contributed by atoms with van der Waals surface area (Å²) in [5.41, 5.74) is 4.92. The van der Waals surface area contributed by atoms with Crippen molar-refractivity contribution in [2.24, 2.45) is 5.73 Å². The quantitative estimate of drug-likeness (QED) is 0.300. The van der Waals surface area contributed by atoms with Gasteiger partial charge in [-0.15, -0.1) is 12.4 Å². The predicted octanol–water partition coefficient (Wildman–Crippen LogP) is 3.01. The van der Waals surface area contributed by atoms with E-state index >= 15 is 0 Å². The fourth-order valence-corrected chi connectivity index (χ4v) is 4.58. The van der Waals surface area contributed by atoms with Gasteiger partial charge in [-0.3, -0.25) is 19.7 Å². The summed E-state index contributed by atoms with van der Waals surface area (Å²) in [6.07, 6.45) is 0. The zero-order chi connectivity index (χ0) is 24.9. The molecule has 11 nitrogen and oxygen atoms in total. The summed E-state index contributed by atoms with van der Waals surface area (Å²) in [6, 6.07) is 14.6. The van der Waals surface area contributed by atoms with Crippen molar-refractivity contribution in [1.82, 2.24) is 0 Å². The molecule has 0 saturated carbocycles. The van der Waals surface area contributed by atoms with Gasteiger partial charge in [0.2, 0.25) is 15.7 Å². The summed E-state index contributed by atoms with van der Waals surface area (Å²) in [5, 5.41) is 16.0. The highest BCUT2D eigenvalue weighted by atomic mass is 35.5. The monoisotopic (exact) mass is 520 g/mol. The number of para-hydroxylation sites is 2. The molecular weight excluding hydrogens is 500 g/mol. The Morgan fingerprint density at radius 1 is 0.971 bits per heavy atom. The van der Waals surface area contributed by atoms with Gasteiger partial charge < -0.3 is 21.1 Å². The van der Waals surface area contributed by atoms with Crippen molar-refractivity contribution in [3.63, 3.8) is 0 Å². The van der Waals surface area contributed by atoms with Gasteiger partial charge >= 0.3 is 0 Å². The van der Waals surface area contributed by atoms with E-state index in [2.05, 4.69) is 10.6 Å². The standard InChI is InChI=1S/C22H20N4O7S.ClH/c1-33-18-7-3-2-5-16(18)25-22(28)21-17(24-20(27)13-23)6-4-8-19(21)34(31,32)15-11-9-14(10-12-15)26(29)30;/h2-12H,13,23H2,1H3,(H,24,27)(H,25,28);1H. The number of ether oxygens (including phenoxy) is 1. The molecule has 35 heavy (non-hydrogen) atoms. The average molecular weight is 521 g/mol. The van der Waals surface area contributed by atoms with Crippen LogP contribution in [-0.2, 0) is 14.6 Å². The Morgan fingerprint density at radius 2 is 1.60 bits per heavy atom. The normalized spacial score (nSPS) is 10.6. The largest absolute Gasteiger partial charge is 0.495 e. The Balaban J connectivity index is 0.00000432. The molecule has 0 heterocycles. The van der Waals surface area contributed by atoms with Crippen LogP contribution in [0.1, 0.15) is 10.4 Å². The van der Waals surface area contributed by atoms with Gasteiger partial charge in [0.1, 0.15) is 5.75 Å². The molecule has 0 aliphatic rings. The van der Waals surface area contributed by atoms with Crippen LogP contribution < -0.4 is 21.1 Å². The molecule has 0 spiro atoms. The van der Waals surface area contributed by atoms with Crippen LogP contribution in [0.25, 0.3) is 0 Å². The topological polar surface area (TPSA) is 171 Å². The number of nitrogens with two attached hydrogens (primary N) is 1. The number of halogens is 1. The van der Waals surface area contributed by atoms with E-state index in [0.29, 0.717) is 5.75 Å². The molecule has 3 aromatic rings. The van der Waals surface area contributed by atoms with E-state index in [1.807, 2.05) is 0 Å². The number of nitro groups is 1. The Labute approximate surface area is 206 Å². The van der Waals surface area contributed by atoms with Crippen LogP contribution in [0, 0.1) is 10.1 Å². The van der Waals surface area contributed by atoms with Gasteiger partial charge in [-0.2, -0.15) is 0 Å². The zero-order valence-electron chi connectivity index (χ0n) is 18.3. The molecule has 3 aromatic carbocycles. The zero-order valence-corrected chi connectivity index (χ0v) is 19.9. The van der Waals surface area contributed by atoms with Crippen molar-refractivity contribution in [1.29, 1.82) is 0 Å². The van der Waals surface area contributed by atoms with Crippen molar-refractivity contribution in [3.8, 4) is 5.75 Å². The highest BCUT2D eigenvalue weighted by Gasteiger charge is 2.28. The van der Waals surface area contributed by atoms with Crippen LogP contribution in [0.15, 0.2) is 76.5 Å². The Bertz CT molecular complexity index is 1360. The van der Waals surface area contributed by atoms with Crippen molar-refractivity contribution in [3.05, 3.63) is 82.4 Å². The van der Waals surface area contributed by atoms with Gasteiger partial charge in [0.15, 0.2) is 0 Å². The van der Waals surface area contributed by atoms with E-state index in [9.17, 15) is 28.1 Å². The number of carbonyl (C=O) groups is 2. The predicted molar refractivity (Wildman–Crippen MR) is 131 cm³/mol. The minimum atomic E-state index is -4.33. The van der Waals surface area contributed by atoms with E-state index in [1.165, 1.54) is 25.3 Å². The van der Waals surface area contributed by atoms with Crippen molar-refractivity contribution in [2.45, 2.75) is 9.79 Å². The molecule has 4 N–H and O–H groups in total. The van der Waals surface area contributed by atoms with Gasteiger partial charge in [-0.25, -0.2) is 8.42 Å². The number of rotatable bonds is 8. The maximum absolute atomic E-state index is 13.4. The first-order valence-corrected chi connectivity index (χ1v) is 11.2. The molecule has 0 aliphatic heterocycles. The van der Waals surface area contributed by atoms with Crippen LogP contribution in [0.4, 0.5) is 17.1 Å². The van der Waals surface area contributed by atoms with E-state index in [1.54, 1.807) is 24.3 Å². The first-order valence-electron chi connectivity index (χ1n) is 9.76. The smallest absolute Gasteiger partial charge is 0.269 e. The first kappa shape index (κ1) is 27.2. The molecule has 3 rings (SSSR count). The lowest BCUT2D eigenvalue weighted by molar-refractivity contribution is -0.384. The lowest BCUT2D eigenvalue weighted by Crippen LogP contribution is -2.25. The molecule has 0 fully saturated rings. The molecule has 0 aromatic heterocycles. The number of hydrogen-bond donors (Lipinski definition) is 3. The molecule has 0 saturated heterocycles. The number of hydrogen-bond acceptors (Lipinski definition) is 8. The number of carbonyl (C=O) groups excluding carboxylic acids is 2. The summed E-state index contributed by atoms with van der Waals surface area (Å²) in [7, 11) is -2.92. The lowest BCUT2D eigenvalue weighted by Gasteiger charge is -2.17. The van der Waals surface area contributed by atoms with Crippen LogP contribution in [0.5, 0.6) is 5.75 Å². The fourth-order valence-electron chi connectivity index (χ4n) is 3.10. The van der Waals surface area contributed by atoms with E-state index < -0.39 is 38.0 Å². The Morgan fingerprint density at radius 3 is 2.20 bits per heavy atom. The summed E-state index contributed by atoms with van der Waals surface area (Å²) in [6.45, 7) is -0.396. The number of benzene rings is 3. The van der Waals surface area contributed by atoms with Gasteiger partial charge in [-0.1, -0.05) is 18.2 Å². The number of methoxy groups -OCH3 is 1. The highest BCUT2D eigenvalue weighted by molar-refractivity contribution is 7.91. The molecule has 184 valence electrons. The third kappa shape index (κ3) is 5.93. The Kier molecular flexibility index (Phi) is 8.89. The molecule has 0 bridgehead atoms.